The lowest BCUT2D eigenvalue weighted by molar-refractivity contribution is -0.135. The second-order valence-electron chi connectivity index (χ2n) is 5.72. The zero-order valence-corrected chi connectivity index (χ0v) is 11.6. The fourth-order valence-corrected chi connectivity index (χ4v) is 2.41. The van der Waals surface area contributed by atoms with Gasteiger partial charge in [0.2, 0.25) is 0 Å². The summed E-state index contributed by atoms with van der Waals surface area (Å²) in [5.41, 5.74) is 0.534. The van der Waals surface area contributed by atoms with Crippen molar-refractivity contribution in [3.05, 3.63) is 18.0 Å². The van der Waals surface area contributed by atoms with Crippen molar-refractivity contribution in [3.63, 3.8) is 0 Å². The molecule has 1 saturated heterocycles. The maximum Gasteiger partial charge on any atom is 0.0916 e. The maximum atomic E-state index is 10.4. The predicted octanol–water partition coefficient (Wildman–Crippen LogP) is 2.33. The molecular formula is C14H24N2O2. The first-order valence-electron chi connectivity index (χ1n) is 6.87. The van der Waals surface area contributed by atoms with E-state index in [1.54, 1.807) is 0 Å². The van der Waals surface area contributed by atoms with Crippen molar-refractivity contribution < 1.29 is 9.84 Å². The van der Waals surface area contributed by atoms with Gasteiger partial charge in [-0.3, -0.25) is 4.68 Å². The van der Waals surface area contributed by atoms with E-state index in [2.05, 4.69) is 18.9 Å². The van der Waals surface area contributed by atoms with E-state index in [4.69, 9.17) is 4.74 Å². The first kappa shape index (κ1) is 13.6. The molecule has 1 N–H and O–H groups in total. The van der Waals surface area contributed by atoms with Gasteiger partial charge in [-0.2, -0.15) is 5.10 Å². The molecule has 1 aromatic heterocycles. The van der Waals surface area contributed by atoms with Crippen LogP contribution >= 0.6 is 0 Å². The molecule has 4 heteroatoms. The van der Waals surface area contributed by atoms with Crippen LogP contribution < -0.4 is 0 Å². The summed E-state index contributed by atoms with van der Waals surface area (Å²) in [6.07, 6.45) is 5.22. The number of aliphatic hydroxyl groups is 1. The lowest BCUT2D eigenvalue weighted by atomic mass is 9.88. The van der Waals surface area contributed by atoms with E-state index in [0.717, 1.165) is 31.6 Å². The first-order valence-corrected chi connectivity index (χ1v) is 6.87. The minimum Gasteiger partial charge on any atom is -0.390 e. The molecule has 1 aromatic rings. The number of ether oxygens (including phenoxy) is 1. The summed E-state index contributed by atoms with van der Waals surface area (Å²) in [6, 6.07) is 2.34. The van der Waals surface area contributed by atoms with E-state index >= 15 is 0 Å². The zero-order chi connectivity index (χ0) is 13.2. The van der Waals surface area contributed by atoms with Crippen LogP contribution in [0.1, 0.15) is 51.8 Å². The molecule has 0 aromatic carbocycles. The molecule has 18 heavy (non-hydrogen) atoms. The Morgan fingerprint density at radius 2 is 2.28 bits per heavy atom. The SMILES string of the molecule is CC(C)n1ccc(CC(O)C2(C)CCCCO2)n1. The predicted molar refractivity (Wildman–Crippen MR) is 70.5 cm³/mol. The van der Waals surface area contributed by atoms with Crippen molar-refractivity contribution in [2.75, 3.05) is 6.61 Å². The normalized spacial score (nSPS) is 26.5. The first-order chi connectivity index (χ1) is 8.51. The number of rotatable bonds is 4. The average Bonchev–Trinajstić information content (AvgIpc) is 2.78. The third-order valence-electron chi connectivity index (χ3n) is 3.80. The quantitative estimate of drug-likeness (QED) is 0.894. The molecule has 0 spiro atoms. The second-order valence-corrected chi connectivity index (χ2v) is 5.72. The van der Waals surface area contributed by atoms with Crippen molar-refractivity contribution in [1.82, 2.24) is 9.78 Å². The van der Waals surface area contributed by atoms with Crippen LogP contribution in [0.15, 0.2) is 12.3 Å². The highest BCUT2D eigenvalue weighted by Gasteiger charge is 2.36. The van der Waals surface area contributed by atoms with Gasteiger partial charge in [0.05, 0.1) is 17.4 Å². The Bertz CT molecular complexity index is 381. The molecule has 0 aliphatic carbocycles. The van der Waals surface area contributed by atoms with Crippen molar-refractivity contribution >= 4 is 0 Å². The monoisotopic (exact) mass is 252 g/mol. The molecular weight excluding hydrogens is 228 g/mol. The van der Waals surface area contributed by atoms with Gasteiger partial charge in [0, 0.05) is 25.3 Å². The third kappa shape index (κ3) is 2.93. The molecule has 102 valence electrons. The van der Waals surface area contributed by atoms with Gasteiger partial charge < -0.3 is 9.84 Å². The summed E-state index contributed by atoms with van der Waals surface area (Å²) in [7, 11) is 0. The van der Waals surface area contributed by atoms with Gasteiger partial charge in [0.1, 0.15) is 0 Å². The summed E-state index contributed by atoms with van der Waals surface area (Å²) in [5, 5.41) is 14.8. The second kappa shape index (κ2) is 5.41. The Kier molecular flexibility index (Phi) is 4.07. The lowest BCUT2D eigenvalue weighted by Gasteiger charge is -2.37. The van der Waals surface area contributed by atoms with Crippen LogP contribution in [-0.4, -0.2) is 33.2 Å². The number of nitrogens with zero attached hydrogens (tertiary/aromatic N) is 2. The summed E-state index contributed by atoms with van der Waals surface area (Å²) in [6.45, 7) is 6.96. The highest BCUT2D eigenvalue weighted by molar-refractivity contribution is 5.04. The van der Waals surface area contributed by atoms with Crippen molar-refractivity contribution in [3.8, 4) is 0 Å². The Morgan fingerprint density at radius 3 is 2.83 bits per heavy atom. The molecule has 2 heterocycles. The molecule has 2 rings (SSSR count). The topological polar surface area (TPSA) is 47.3 Å². The fourth-order valence-electron chi connectivity index (χ4n) is 2.41. The van der Waals surface area contributed by atoms with E-state index in [0.29, 0.717) is 12.5 Å². The Morgan fingerprint density at radius 1 is 1.50 bits per heavy atom. The van der Waals surface area contributed by atoms with Crippen LogP contribution in [0.25, 0.3) is 0 Å². The minimum absolute atomic E-state index is 0.359. The molecule has 2 atom stereocenters. The molecule has 0 amide bonds. The third-order valence-corrected chi connectivity index (χ3v) is 3.80. The average molecular weight is 252 g/mol. The van der Waals surface area contributed by atoms with E-state index in [9.17, 15) is 5.11 Å². The van der Waals surface area contributed by atoms with Crippen molar-refractivity contribution in [2.45, 2.75) is 64.2 Å². The maximum absolute atomic E-state index is 10.4. The Balaban J connectivity index is 1.99. The highest BCUT2D eigenvalue weighted by Crippen LogP contribution is 2.29. The minimum atomic E-state index is -0.478. The Hall–Kier alpha value is -0.870. The molecule has 0 radical (unpaired) electrons. The van der Waals surface area contributed by atoms with Crippen LogP contribution in [0, 0.1) is 0 Å². The summed E-state index contributed by atoms with van der Waals surface area (Å²) < 4.78 is 7.69. The molecule has 0 saturated carbocycles. The largest absolute Gasteiger partial charge is 0.390 e. The molecule has 1 aliphatic rings. The van der Waals surface area contributed by atoms with E-state index in [1.165, 1.54) is 0 Å². The molecule has 4 nitrogen and oxygen atoms in total. The summed E-state index contributed by atoms with van der Waals surface area (Å²) >= 11 is 0. The van der Waals surface area contributed by atoms with Gasteiger partial charge in [-0.1, -0.05) is 0 Å². The van der Waals surface area contributed by atoms with Crippen LogP contribution in [0.5, 0.6) is 0 Å². The van der Waals surface area contributed by atoms with Gasteiger partial charge >= 0.3 is 0 Å². The van der Waals surface area contributed by atoms with Gasteiger partial charge in [-0.05, 0) is 46.1 Å². The molecule has 1 aliphatic heterocycles. The van der Waals surface area contributed by atoms with Gasteiger partial charge in [0.25, 0.3) is 0 Å². The smallest absolute Gasteiger partial charge is 0.0916 e. The van der Waals surface area contributed by atoms with Crippen molar-refractivity contribution in [1.29, 1.82) is 0 Å². The van der Waals surface area contributed by atoms with Gasteiger partial charge in [-0.15, -0.1) is 0 Å². The van der Waals surface area contributed by atoms with Gasteiger partial charge in [0.15, 0.2) is 0 Å². The summed E-state index contributed by atoms with van der Waals surface area (Å²) in [5.74, 6) is 0. The van der Waals surface area contributed by atoms with Crippen LogP contribution in [0.2, 0.25) is 0 Å². The van der Waals surface area contributed by atoms with Crippen LogP contribution in [-0.2, 0) is 11.2 Å². The van der Waals surface area contributed by atoms with E-state index < -0.39 is 11.7 Å². The summed E-state index contributed by atoms with van der Waals surface area (Å²) in [4.78, 5) is 0. The molecule has 0 bridgehead atoms. The number of hydrogen-bond acceptors (Lipinski definition) is 3. The molecule has 2 unspecified atom stereocenters. The van der Waals surface area contributed by atoms with E-state index in [-0.39, 0.29) is 0 Å². The fraction of sp³-hybridized carbons (Fsp3) is 0.786. The Labute approximate surface area is 109 Å². The number of aromatic nitrogens is 2. The van der Waals surface area contributed by atoms with Crippen LogP contribution in [0.4, 0.5) is 0 Å². The number of hydrogen-bond donors (Lipinski definition) is 1. The van der Waals surface area contributed by atoms with Crippen LogP contribution in [0.3, 0.4) is 0 Å². The van der Waals surface area contributed by atoms with E-state index in [1.807, 2.05) is 23.9 Å². The standard InChI is InChI=1S/C14H24N2O2/c1-11(2)16-8-6-12(15-16)10-13(17)14(3)7-4-5-9-18-14/h6,8,11,13,17H,4-5,7,9-10H2,1-3H3. The molecule has 1 fully saturated rings. The van der Waals surface area contributed by atoms with Crippen molar-refractivity contribution in [2.24, 2.45) is 0 Å². The zero-order valence-electron chi connectivity index (χ0n) is 11.6. The highest BCUT2D eigenvalue weighted by atomic mass is 16.5. The number of aliphatic hydroxyl groups excluding tert-OH is 1. The lowest BCUT2D eigenvalue weighted by Crippen LogP contribution is -2.45. The van der Waals surface area contributed by atoms with Gasteiger partial charge in [-0.25, -0.2) is 0 Å².